The smallest absolute Gasteiger partial charge is 0.248 e. The lowest BCUT2D eigenvalue weighted by Gasteiger charge is -2.32. The first-order valence-corrected chi connectivity index (χ1v) is 7.76. The van der Waals surface area contributed by atoms with Crippen molar-refractivity contribution in [3.8, 4) is 0 Å². The van der Waals surface area contributed by atoms with Crippen LogP contribution in [-0.2, 0) is 14.3 Å². The van der Waals surface area contributed by atoms with E-state index < -0.39 is 0 Å². The molecule has 0 aliphatic carbocycles. The Morgan fingerprint density at radius 3 is 2.38 bits per heavy atom. The van der Waals surface area contributed by atoms with E-state index in [1.807, 2.05) is 38.7 Å². The predicted octanol–water partition coefficient (Wildman–Crippen LogP) is 1.73. The van der Waals surface area contributed by atoms with Gasteiger partial charge in [-0.15, -0.1) is 0 Å². The van der Waals surface area contributed by atoms with Crippen LogP contribution in [0.3, 0.4) is 0 Å². The monoisotopic (exact) mass is 296 g/mol. The molecule has 5 heteroatoms. The number of ether oxygens (including phenoxy) is 1. The van der Waals surface area contributed by atoms with Gasteiger partial charge in [0.2, 0.25) is 11.8 Å². The molecule has 0 bridgehead atoms. The fourth-order valence-corrected chi connectivity index (χ4v) is 2.13. The lowest BCUT2D eigenvalue weighted by atomic mass is 10.0. The number of carbonyl (C=O) groups is 2. The molecule has 21 heavy (non-hydrogen) atoms. The molecule has 0 spiro atoms. The van der Waals surface area contributed by atoms with E-state index in [4.69, 9.17) is 4.74 Å². The van der Waals surface area contributed by atoms with E-state index >= 15 is 0 Å². The van der Waals surface area contributed by atoms with Crippen LogP contribution in [0.2, 0.25) is 0 Å². The van der Waals surface area contributed by atoms with Crippen molar-refractivity contribution in [1.82, 2.24) is 10.2 Å². The van der Waals surface area contributed by atoms with Crippen LogP contribution in [0.25, 0.3) is 0 Å². The van der Waals surface area contributed by atoms with Crippen molar-refractivity contribution in [2.45, 2.75) is 52.7 Å². The molecule has 2 amide bonds. The molecule has 0 saturated carbocycles. The van der Waals surface area contributed by atoms with E-state index in [2.05, 4.69) is 5.32 Å². The Morgan fingerprint density at radius 2 is 1.86 bits per heavy atom. The summed E-state index contributed by atoms with van der Waals surface area (Å²) in [5.74, 6) is 0.362. The summed E-state index contributed by atoms with van der Waals surface area (Å²) in [5.41, 5.74) is 0. The molecule has 1 aliphatic heterocycles. The van der Waals surface area contributed by atoms with Gasteiger partial charge >= 0.3 is 0 Å². The van der Waals surface area contributed by atoms with Crippen LogP contribution in [0.15, 0.2) is 12.2 Å². The number of nitrogens with one attached hydrogen (secondary N) is 1. The van der Waals surface area contributed by atoms with Crippen molar-refractivity contribution in [3.05, 3.63) is 12.2 Å². The van der Waals surface area contributed by atoms with Gasteiger partial charge in [-0.1, -0.05) is 19.9 Å². The van der Waals surface area contributed by atoms with Crippen molar-refractivity contribution in [2.75, 3.05) is 19.7 Å². The Kier molecular flexibility index (Phi) is 7.43. The van der Waals surface area contributed by atoms with E-state index in [-0.39, 0.29) is 30.6 Å². The van der Waals surface area contributed by atoms with E-state index in [9.17, 15) is 9.59 Å². The minimum absolute atomic E-state index is 0.0354. The molecule has 1 rings (SSSR count). The van der Waals surface area contributed by atoms with Crippen molar-refractivity contribution in [2.24, 2.45) is 5.92 Å². The second-order valence-electron chi connectivity index (χ2n) is 6.13. The van der Waals surface area contributed by atoms with Gasteiger partial charge in [0, 0.05) is 19.1 Å². The molecule has 0 aromatic carbocycles. The van der Waals surface area contributed by atoms with Crippen LogP contribution in [-0.4, -0.2) is 48.6 Å². The zero-order chi connectivity index (χ0) is 15.8. The number of hydrogen-bond donors (Lipinski definition) is 1. The molecule has 1 N–H and O–H groups in total. The summed E-state index contributed by atoms with van der Waals surface area (Å²) in [5, 5.41) is 2.99. The molecule has 5 nitrogen and oxygen atoms in total. The van der Waals surface area contributed by atoms with Gasteiger partial charge in [-0.05, 0) is 38.7 Å². The average molecular weight is 296 g/mol. The minimum Gasteiger partial charge on any atom is -0.369 e. The largest absolute Gasteiger partial charge is 0.369 e. The third-order valence-corrected chi connectivity index (χ3v) is 3.37. The van der Waals surface area contributed by atoms with Crippen LogP contribution >= 0.6 is 0 Å². The average Bonchev–Trinajstić information content (AvgIpc) is 2.43. The molecule has 0 aromatic heterocycles. The van der Waals surface area contributed by atoms with Crippen molar-refractivity contribution in [1.29, 1.82) is 0 Å². The summed E-state index contributed by atoms with van der Waals surface area (Å²) in [6.07, 6.45) is 5.15. The van der Waals surface area contributed by atoms with Gasteiger partial charge in [-0.25, -0.2) is 0 Å². The SMILES string of the molecule is CC(C)/C=C/C(=O)NC1CCN(C(=O)COC(C)C)CC1. The van der Waals surface area contributed by atoms with Gasteiger partial charge in [-0.3, -0.25) is 9.59 Å². The zero-order valence-corrected chi connectivity index (χ0v) is 13.6. The maximum absolute atomic E-state index is 11.9. The third-order valence-electron chi connectivity index (χ3n) is 3.37. The summed E-state index contributed by atoms with van der Waals surface area (Å²) in [6, 6.07) is 0.157. The molecular formula is C16H28N2O3. The van der Waals surface area contributed by atoms with Crippen molar-refractivity contribution in [3.63, 3.8) is 0 Å². The highest BCUT2D eigenvalue weighted by Crippen LogP contribution is 2.11. The second-order valence-corrected chi connectivity index (χ2v) is 6.13. The van der Waals surface area contributed by atoms with Crippen LogP contribution in [0.5, 0.6) is 0 Å². The summed E-state index contributed by atoms with van der Waals surface area (Å²) < 4.78 is 5.33. The van der Waals surface area contributed by atoms with Gasteiger partial charge in [-0.2, -0.15) is 0 Å². The molecule has 120 valence electrons. The number of allylic oxidation sites excluding steroid dienone is 1. The number of nitrogens with zero attached hydrogens (tertiary/aromatic N) is 1. The van der Waals surface area contributed by atoms with E-state index in [0.29, 0.717) is 19.0 Å². The summed E-state index contributed by atoms with van der Waals surface area (Å²) >= 11 is 0. The van der Waals surface area contributed by atoms with E-state index in [0.717, 1.165) is 12.8 Å². The first kappa shape index (κ1) is 17.7. The highest BCUT2D eigenvalue weighted by molar-refractivity contribution is 5.87. The predicted molar refractivity (Wildman–Crippen MR) is 82.8 cm³/mol. The van der Waals surface area contributed by atoms with Gasteiger partial charge in [0.25, 0.3) is 0 Å². The Labute approximate surface area is 127 Å². The second kappa shape index (κ2) is 8.82. The van der Waals surface area contributed by atoms with Crippen LogP contribution in [0, 0.1) is 5.92 Å². The maximum Gasteiger partial charge on any atom is 0.248 e. The molecule has 0 unspecified atom stereocenters. The number of hydrogen-bond acceptors (Lipinski definition) is 3. The summed E-state index contributed by atoms with van der Waals surface area (Å²) in [4.78, 5) is 25.4. The van der Waals surface area contributed by atoms with Crippen LogP contribution in [0.1, 0.15) is 40.5 Å². The topological polar surface area (TPSA) is 58.6 Å². The van der Waals surface area contributed by atoms with Gasteiger partial charge in [0.1, 0.15) is 6.61 Å². The number of likely N-dealkylation sites (tertiary alicyclic amines) is 1. The van der Waals surface area contributed by atoms with Gasteiger partial charge in [0.05, 0.1) is 6.10 Å². The maximum atomic E-state index is 11.9. The van der Waals surface area contributed by atoms with E-state index in [1.165, 1.54) is 0 Å². The normalized spacial score (nSPS) is 17.0. The fourth-order valence-electron chi connectivity index (χ4n) is 2.13. The highest BCUT2D eigenvalue weighted by Gasteiger charge is 2.23. The lowest BCUT2D eigenvalue weighted by molar-refractivity contribution is -0.138. The Bertz CT molecular complexity index is 370. The minimum atomic E-state index is -0.0448. The number of carbonyl (C=O) groups excluding carboxylic acids is 2. The van der Waals surface area contributed by atoms with Crippen LogP contribution in [0.4, 0.5) is 0 Å². The number of rotatable bonds is 6. The lowest BCUT2D eigenvalue weighted by Crippen LogP contribution is -2.47. The summed E-state index contributed by atoms with van der Waals surface area (Å²) in [6.45, 7) is 9.41. The molecule has 1 saturated heterocycles. The molecular weight excluding hydrogens is 268 g/mol. The van der Waals surface area contributed by atoms with E-state index in [1.54, 1.807) is 6.08 Å². The number of amides is 2. The van der Waals surface area contributed by atoms with Gasteiger partial charge < -0.3 is 15.0 Å². The quantitative estimate of drug-likeness (QED) is 0.759. The van der Waals surface area contributed by atoms with Gasteiger partial charge in [0.15, 0.2) is 0 Å². The molecule has 1 heterocycles. The Morgan fingerprint density at radius 1 is 1.24 bits per heavy atom. The zero-order valence-electron chi connectivity index (χ0n) is 13.6. The number of piperidine rings is 1. The van der Waals surface area contributed by atoms with Crippen LogP contribution < -0.4 is 5.32 Å². The third kappa shape index (κ3) is 7.27. The molecule has 1 aliphatic rings. The molecule has 1 fully saturated rings. The summed E-state index contributed by atoms with van der Waals surface area (Å²) in [7, 11) is 0. The fraction of sp³-hybridized carbons (Fsp3) is 0.750. The molecule has 0 atom stereocenters. The molecule has 0 radical (unpaired) electrons. The highest BCUT2D eigenvalue weighted by atomic mass is 16.5. The van der Waals surface area contributed by atoms with Crippen molar-refractivity contribution < 1.29 is 14.3 Å². The standard InChI is InChI=1S/C16H28N2O3/c1-12(2)5-6-15(19)17-14-7-9-18(10-8-14)16(20)11-21-13(3)4/h5-6,12-14H,7-11H2,1-4H3,(H,17,19)/b6-5+. The Balaban J connectivity index is 2.28. The first-order chi connectivity index (χ1) is 9.88. The molecule has 0 aromatic rings. The first-order valence-electron chi connectivity index (χ1n) is 7.76. The van der Waals surface area contributed by atoms with Crippen molar-refractivity contribution >= 4 is 11.8 Å². The Hall–Kier alpha value is -1.36.